The van der Waals surface area contributed by atoms with E-state index in [1.54, 1.807) is 30.6 Å². The molecule has 4 heteroatoms. The van der Waals surface area contributed by atoms with Gasteiger partial charge >= 0.3 is 0 Å². The molecule has 0 saturated heterocycles. The number of nitrogens with zero attached hydrogens (tertiary/aromatic N) is 1. The van der Waals surface area contributed by atoms with E-state index in [0.717, 1.165) is 5.56 Å². The van der Waals surface area contributed by atoms with Crippen molar-refractivity contribution in [2.75, 3.05) is 0 Å². The first-order valence-corrected chi connectivity index (χ1v) is 6.43. The molecule has 98 valence electrons. The van der Waals surface area contributed by atoms with Crippen LogP contribution in [0.4, 0.5) is 0 Å². The van der Waals surface area contributed by atoms with Crippen molar-refractivity contribution in [3.05, 3.63) is 58.9 Å². The minimum Gasteiger partial charge on any atom is -0.488 e. The van der Waals surface area contributed by atoms with Crippen LogP contribution >= 0.6 is 11.6 Å². The number of aromatic nitrogens is 1. The van der Waals surface area contributed by atoms with Crippen molar-refractivity contribution >= 4 is 17.4 Å². The average molecular weight is 276 g/mol. The highest BCUT2D eigenvalue weighted by molar-refractivity contribution is 6.31. The number of para-hydroxylation sites is 1. The van der Waals surface area contributed by atoms with Crippen LogP contribution in [0, 0.1) is 0 Å². The van der Waals surface area contributed by atoms with E-state index in [0.29, 0.717) is 29.4 Å². The number of carbonyl (C=O) groups is 1. The summed E-state index contributed by atoms with van der Waals surface area (Å²) in [4.78, 5) is 15.7. The third kappa shape index (κ3) is 3.32. The summed E-state index contributed by atoms with van der Waals surface area (Å²) in [6.45, 7) is 2.15. The predicted molar refractivity (Wildman–Crippen MR) is 74.6 cm³/mol. The molecule has 0 radical (unpaired) electrons. The number of rotatable bonds is 5. The van der Waals surface area contributed by atoms with Gasteiger partial charge in [-0.05, 0) is 18.2 Å². The van der Waals surface area contributed by atoms with Crippen molar-refractivity contribution in [1.29, 1.82) is 0 Å². The van der Waals surface area contributed by atoms with Crippen LogP contribution in [-0.4, -0.2) is 10.8 Å². The largest absolute Gasteiger partial charge is 0.488 e. The van der Waals surface area contributed by atoms with Crippen LogP contribution in [0.3, 0.4) is 0 Å². The van der Waals surface area contributed by atoms with E-state index in [1.807, 2.05) is 19.1 Å². The fourth-order valence-electron chi connectivity index (χ4n) is 1.69. The Morgan fingerprint density at radius 1 is 1.32 bits per heavy atom. The molecule has 0 N–H and O–H groups in total. The molecule has 1 heterocycles. The van der Waals surface area contributed by atoms with Crippen molar-refractivity contribution in [2.45, 2.75) is 20.0 Å². The van der Waals surface area contributed by atoms with Crippen LogP contribution in [0.2, 0.25) is 5.02 Å². The third-order valence-electron chi connectivity index (χ3n) is 2.75. The summed E-state index contributed by atoms with van der Waals surface area (Å²) < 4.78 is 5.69. The monoisotopic (exact) mass is 275 g/mol. The molecule has 1 aromatic carbocycles. The zero-order valence-corrected chi connectivity index (χ0v) is 11.4. The Kier molecular flexibility index (Phi) is 4.53. The number of halogens is 1. The Bertz CT molecular complexity index is 584. The maximum absolute atomic E-state index is 11.8. The minimum atomic E-state index is 0.0661. The van der Waals surface area contributed by atoms with Gasteiger partial charge in [0.15, 0.2) is 5.78 Å². The van der Waals surface area contributed by atoms with E-state index in [-0.39, 0.29) is 5.78 Å². The summed E-state index contributed by atoms with van der Waals surface area (Å²) in [5, 5.41) is 0.557. The van der Waals surface area contributed by atoms with E-state index in [4.69, 9.17) is 16.3 Å². The molecule has 0 fully saturated rings. The smallest absolute Gasteiger partial charge is 0.166 e. The normalized spacial score (nSPS) is 10.2. The molecule has 0 aliphatic carbocycles. The SMILES string of the molecule is CCC(=O)c1ccccc1OCc1ccncc1Cl. The van der Waals surface area contributed by atoms with E-state index >= 15 is 0 Å². The number of ketones is 1. The van der Waals surface area contributed by atoms with Crippen LogP contribution in [0.15, 0.2) is 42.7 Å². The van der Waals surface area contributed by atoms with Gasteiger partial charge in [0.25, 0.3) is 0 Å². The molecule has 0 amide bonds. The van der Waals surface area contributed by atoms with Crippen LogP contribution in [-0.2, 0) is 6.61 Å². The highest BCUT2D eigenvalue weighted by Crippen LogP contribution is 2.22. The van der Waals surface area contributed by atoms with E-state index in [2.05, 4.69) is 4.98 Å². The first kappa shape index (κ1) is 13.6. The lowest BCUT2D eigenvalue weighted by molar-refractivity contribution is 0.0983. The number of ether oxygens (including phenoxy) is 1. The van der Waals surface area contributed by atoms with Crippen LogP contribution < -0.4 is 4.74 Å². The molecular formula is C15H14ClNO2. The van der Waals surface area contributed by atoms with Gasteiger partial charge in [-0.1, -0.05) is 30.7 Å². The summed E-state index contributed by atoms with van der Waals surface area (Å²) in [7, 11) is 0. The van der Waals surface area contributed by atoms with E-state index < -0.39 is 0 Å². The van der Waals surface area contributed by atoms with Gasteiger partial charge in [0.05, 0.1) is 10.6 Å². The van der Waals surface area contributed by atoms with Gasteiger partial charge in [-0.2, -0.15) is 0 Å². The van der Waals surface area contributed by atoms with Crippen LogP contribution in [0.25, 0.3) is 0 Å². The molecule has 0 aliphatic rings. The molecule has 0 aliphatic heterocycles. The quantitative estimate of drug-likeness (QED) is 0.777. The summed E-state index contributed by atoms with van der Waals surface area (Å²) in [6, 6.07) is 9.03. The van der Waals surface area contributed by atoms with Crippen molar-refractivity contribution in [3.63, 3.8) is 0 Å². The summed E-state index contributed by atoms with van der Waals surface area (Å²) in [5.74, 6) is 0.652. The number of pyridine rings is 1. The lowest BCUT2D eigenvalue weighted by Crippen LogP contribution is -2.03. The molecule has 2 rings (SSSR count). The first-order chi connectivity index (χ1) is 9.22. The zero-order valence-electron chi connectivity index (χ0n) is 10.6. The molecule has 19 heavy (non-hydrogen) atoms. The van der Waals surface area contributed by atoms with Crippen molar-refractivity contribution in [2.24, 2.45) is 0 Å². The summed E-state index contributed by atoms with van der Waals surface area (Å²) >= 11 is 6.01. The highest BCUT2D eigenvalue weighted by atomic mass is 35.5. The van der Waals surface area contributed by atoms with Gasteiger partial charge in [-0.3, -0.25) is 9.78 Å². The van der Waals surface area contributed by atoms with Crippen LogP contribution in [0.1, 0.15) is 29.3 Å². The molecule has 3 nitrogen and oxygen atoms in total. The summed E-state index contributed by atoms with van der Waals surface area (Å²) in [6.07, 6.45) is 3.69. The molecule has 0 unspecified atom stereocenters. The van der Waals surface area contributed by atoms with Gasteiger partial charge in [0.1, 0.15) is 12.4 Å². The third-order valence-corrected chi connectivity index (χ3v) is 3.09. The molecule has 1 aromatic heterocycles. The number of hydrogen-bond donors (Lipinski definition) is 0. The fourth-order valence-corrected chi connectivity index (χ4v) is 1.86. The first-order valence-electron chi connectivity index (χ1n) is 6.05. The second kappa shape index (κ2) is 6.34. The van der Waals surface area contributed by atoms with Gasteiger partial charge in [-0.25, -0.2) is 0 Å². The van der Waals surface area contributed by atoms with E-state index in [1.165, 1.54) is 0 Å². The number of hydrogen-bond acceptors (Lipinski definition) is 3. The maximum Gasteiger partial charge on any atom is 0.166 e. The van der Waals surface area contributed by atoms with Crippen molar-refractivity contribution < 1.29 is 9.53 Å². The molecule has 0 bridgehead atoms. The molecule has 2 aromatic rings. The number of carbonyl (C=O) groups excluding carboxylic acids is 1. The summed E-state index contributed by atoms with van der Waals surface area (Å²) in [5.41, 5.74) is 1.45. The Balaban J connectivity index is 2.16. The van der Waals surface area contributed by atoms with Crippen molar-refractivity contribution in [1.82, 2.24) is 4.98 Å². The molecular weight excluding hydrogens is 262 g/mol. The Hall–Kier alpha value is -1.87. The number of Topliss-reactive ketones (excluding diaryl/α,β-unsaturated/α-hetero) is 1. The van der Waals surface area contributed by atoms with Gasteiger partial charge in [0.2, 0.25) is 0 Å². The molecule has 0 spiro atoms. The Labute approximate surface area is 117 Å². The Morgan fingerprint density at radius 3 is 2.84 bits per heavy atom. The minimum absolute atomic E-state index is 0.0661. The maximum atomic E-state index is 11.8. The second-order valence-corrected chi connectivity index (χ2v) is 4.44. The highest BCUT2D eigenvalue weighted by Gasteiger charge is 2.10. The van der Waals surface area contributed by atoms with Crippen LogP contribution in [0.5, 0.6) is 5.75 Å². The standard InChI is InChI=1S/C15H14ClNO2/c1-2-14(18)12-5-3-4-6-15(12)19-10-11-7-8-17-9-13(11)16/h3-9H,2,10H2,1H3. The fraction of sp³-hybridized carbons (Fsp3) is 0.200. The van der Waals surface area contributed by atoms with E-state index in [9.17, 15) is 4.79 Å². The zero-order chi connectivity index (χ0) is 13.7. The lowest BCUT2D eigenvalue weighted by atomic mass is 10.1. The molecule has 0 atom stereocenters. The van der Waals surface area contributed by atoms with Gasteiger partial charge in [-0.15, -0.1) is 0 Å². The number of benzene rings is 1. The topological polar surface area (TPSA) is 39.2 Å². The van der Waals surface area contributed by atoms with Gasteiger partial charge in [0, 0.05) is 24.4 Å². The molecule has 0 saturated carbocycles. The van der Waals surface area contributed by atoms with Gasteiger partial charge < -0.3 is 4.74 Å². The lowest BCUT2D eigenvalue weighted by Gasteiger charge is -2.10. The second-order valence-electron chi connectivity index (χ2n) is 4.03. The predicted octanol–water partition coefficient (Wildman–Crippen LogP) is 3.91. The average Bonchev–Trinajstić information content (AvgIpc) is 2.46. The Morgan fingerprint density at radius 2 is 2.11 bits per heavy atom. The van der Waals surface area contributed by atoms with Crippen molar-refractivity contribution in [3.8, 4) is 5.75 Å².